The maximum atomic E-state index is 12.3. The Morgan fingerprint density at radius 2 is 2.30 bits per heavy atom. The Morgan fingerprint density at radius 1 is 1.60 bits per heavy atom. The number of sulfonamides is 1. The lowest BCUT2D eigenvalue weighted by Crippen LogP contribution is -2.32. The minimum atomic E-state index is -3.68. The van der Waals surface area contributed by atoms with Gasteiger partial charge in [0.25, 0.3) is 0 Å². The Bertz CT molecular complexity index is 600. The van der Waals surface area contributed by atoms with Crippen LogP contribution in [0.5, 0.6) is 0 Å². The second-order valence-corrected chi connectivity index (χ2v) is 6.06. The van der Waals surface area contributed by atoms with Crippen LogP contribution in [0.1, 0.15) is 19.8 Å². The molecule has 1 N–H and O–H groups in total. The van der Waals surface area contributed by atoms with Gasteiger partial charge in [0.05, 0.1) is 25.7 Å². The van der Waals surface area contributed by atoms with Crippen LogP contribution in [0.3, 0.4) is 0 Å². The molecule has 0 bridgehead atoms. The third kappa shape index (κ3) is 4.08. The fraction of sp³-hybridized carbons (Fsp3) is 0.500. The molecule has 0 atom stereocenters. The van der Waals surface area contributed by atoms with Gasteiger partial charge in [0.2, 0.25) is 10.0 Å². The van der Waals surface area contributed by atoms with Crippen molar-refractivity contribution >= 4 is 16.0 Å². The van der Waals surface area contributed by atoms with Crippen molar-refractivity contribution in [3.63, 3.8) is 0 Å². The summed E-state index contributed by atoms with van der Waals surface area (Å²) in [4.78, 5) is 10.5. The molecule has 110 valence electrons. The molecule has 0 unspecified atom stereocenters. The van der Waals surface area contributed by atoms with Crippen LogP contribution >= 0.6 is 0 Å². The van der Waals surface area contributed by atoms with E-state index in [0.29, 0.717) is 13.0 Å². The normalized spacial score (nSPS) is 11.4. The van der Waals surface area contributed by atoms with Crippen LogP contribution in [-0.4, -0.2) is 46.7 Å². The minimum absolute atomic E-state index is 0.00349. The average Bonchev–Trinajstić information content (AvgIpc) is 2.85. The first kappa shape index (κ1) is 16.2. The molecule has 8 heteroatoms. The van der Waals surface area contributed by atoms with Gasteiger partial charge in [0.1, 0.15) is 4.90 Å². The van der Waals surface area contributed by atoms with E-state index in [-0.39, 0.29) is 24.4 Å². The Kier molecular flexibility index (Phi) is 5.73. The van der Waals surface area contributed by atoms with Gasteiger partial charge in [0.15, 0.2) is 0 Å². The number of carboxylic acid groups (broad SMARTS) is 1. The Balaban J connectivity index is 2.91. The molecule has 0 spiro atoms. The SMILES string of the molecule is C#CCN(CCC)S(=O)(=O)c1cnn(CCC(=O)O)c1. The second-order valence-electron chi connectivity index (χ2n) is 4.13. The van der Waals surface area contributed by atoms with Crippen LogP contribution in [0.15, 0.2) is 17.3 Å². The Hall–Kier alpha value is -1.85. The van der Waals surface area contributed by atoms with E-state index in [2.05, 4.69) is 11.0 Å². The number of aliphatic carboxylic acids is 1. The Morgan fingerprint density at radius 3 is 2.85 bits per heavy atom. The van der Waals surface area contributed by atoms with Crippen LogP contribution in [0, 0.1) is 12.3 Å². The summed E-state index contributed by atoms with van der Waals surface area (Å²) in [6, 6.07) is 0. The molecule has 0 amide bonds. The predicted octanol–water partition coefficient (Wildman–Crippen LogP) is 0.392. The summed E-state index contributed by atoms with van der Waals surface area (Å²) in [5.74, 6) is 1.35. The molecule has 0 aromatic carbocycles. The van der Waals surface area contributed by atoms with Gasteiger partial charge in [-0.05, 0) is 6.42 Å². The molecule has 0 aliphatic heterocycles. The van der Waals surface area contributed by atoms with E-state index < -0.39 is 16.0 Å². The minimum Gasteiger partial charge on any atom is -0.481 e. The van der Waals surface area contributed by atoms with Gasteiger partial charge < -0.3 is 5.11 Å². The van der Waals surface area contributed by atoms with Crippen molar-refractivity contribution in [3.05, 3.63) is 12.4 Å². The topological polar surface area (TPSA) is 92.5 Å². The number of aryl methyl sites for hydroxylation is 1. The van der Waals surface area contributed by atoms with Crippen molar-refractivity contribution in [2.45, 2.75) is 31.2 Å². The molecule has 0 radical (unpaired) electrons. The van der Waals surface area contributed by atoms with Crippen molar-refractivity contribution in [2.24, 2.45) is 0 Å². The second kappa shape index (κ2) is 7.07. The number of hydrogen-bond acceptors (Lipinski definition) is 4. The van der Waals surface area contributed by atoms with Gasteiger partial charge in [-0.15, -0.1) is 6.42 Å². The van der Waals surface area contributed by atoms with Gasteiger partial charge in [-0.25, -0.2) is 8.42 Å². The van der Waals surface area contributed by atoms with Gasteiger partial charge in [-0.1, -0.05) is 12.8 Å². The zero-order chi connectivity index (χ0) is 15.2. The first-order chi connectivity index (χ1) is 9.41. The molecule has 1 heterocycles. The summed E-state index contributed by atoms with van der Waals surface area (Å²) < 4.78 is 27.1. The van der Waals surface area contributed by atoms with Crippen molar-refractivity contribution in [1.82, 2.24) is 14.1 Å². The van der Waals surface area contributed by atoms with Gasteiger partial charge >= 0.3 is 5.97 Å². The van der Waals surface area contributed by atoms with E-state index in [1.54, 1.807) is 0 Å². The molecule has 0 fully saturated rings. The molecule has 7 nitrogen and oxygen atoms in total. The molecule has 20 heavy (non-hydrogen) atoms. The number of aromatic nitrogens is 2. The highest BCUT2D eigenvalue weighted by Gasteiger charge is 2.24. The first-order valence-corrected chi connectivity index (χ1v) is 7.53. The summed E-state index contributed by atoms with van der Waals surface area (Å²) in [5, 5.41) is 12.4. The van der Waals surface area contributed by atoms with Crippen LogP contribution < -0.4 is 0 Å². The van der Waals surface area contributed by atoms with Crippen LogP contribution in [0.25, 0.3) is 0 Å². The standard InChI is InChI=1S/C12H17N3O4S/c1-3-6-15(7-4-2)20(18,19)11-9-13-14(10-11)8-5-12(16)17/h1,9-10H,4-8H2,2H3,(H,16,17). The average molecular weight is 299 g/mol. The number of hydrogen-bond donors (Lipinski definition) is 1. The number of carboxylic acids is 1. The summed E-state index contributed by atoms with van der Waals surface area (Å²) in [6.07, 6.45) is 8.23. The zero-order valence-corrected chi connectivity index (χ0v) is 12.0. The monoisotopic (exact) mass is 299 g/mol. The number of terminal acetylenes is 1. The highest BCUT2D eigenvalue weighted by atomic mass is 32.2. The van der Waals surface area contributed by atoms with E-state index in [9.17, 15) is 13.2 Å². The van der Waals surface area contributed by atoms with Crippen molar-refractivity contribution in [1.29, 1.82) is 0 Å². The van der Waals surface area contributed by atoms with Crippen molar-refractivity contribution < 1.29 is 18.3 Å². The third-order valence-corrected chi connectivity index (χ3v) is 4.34. The Labute approximate surface area is 118 Å². The lowest BCUT2D eigenvalue weighted by molar-refractivity contribution is -0.137. The van der Waals surface area contributed by atoms with Crippen LogP contribution in [-0.2, 0) is 21.4 Å². The third-order valence-electron chi connectivity index (χ3n) is 2.54. The first-order valence-electron chi connectivity index (χ1n) is 6.09. The summed E-state index contributed by atoms with van der Waals surface area (Å²) in [6.45, 7) is 2.30. The number of carbonyl (C=O) groups is 1. The maximum absolute atomic E-state index is 12.3. The maximum Gasteiger partial charge on any atom is 0.305 e. The zero-order valence-electron chi connectivity index (χ0n) is 11.2. The van der Waals surface area contributed by atoms with Crippen molar-refractivity contribution in [3.8, 4) is 12.3 Å². The predicted molar refractivity (Wildman–Crippen MR) is 72.4 cm³/mol. The van der Waals surface area contributed by atoms with Gasteiger partial charge in [0, 0.05) is 12.7 Å². The molecule has 0 aliphatic carbocycles. The summed E-state index contributed by atoms with van der Waals surface area (Å²) in [5.41, 5.74) is 0. The molecule has 1 rings (SSSR count). The summed E-state index contributed by atoms with van der Waals surface area (Å²) in [7, 11) is -3.68. The molecule has 0 aliphatic rings. The molecule has 0 saturated heterocycles. The fourth-order valence-electron chi connectivity index (χ4n) is 1.59. The van der Waals surface area contributed by atoms with E-state index in [1.807, 2.05) is 6.92 Å². The smallest absolute Gasteiger partial charge is 0.305 e. The van der Waals surface area contributed by atoms with E-state index in [4.69, 9.17) is 11.5 Å². The van der Waals surface area contributed by atoms with E-state index >= 15 is 0 Å². The van der Waals surface area contributed by atoms with Crippen LogP contribution in [0.2, 0.25) is 0 Å². The van der Waals surface area contributed by atoms with Gasteiger partial charge in [-0.2, -0.15) is 9.40 Å². The molecular formula is C12H17N3O4S. The van der Waals surface area contributed by atoms with Gasteiger partial charge in [-0.3, -0.25) is 9.48 Å². The molecule has 0 saturated carbocycles. The van der Waals surface area contributed by atoms with Crippen LogP contribution in [0.4, 0.5) is 0 Å². The highest BCUT2D eigenvalue weighted by molar-refractivity contribution is 7.89. The largest absolute Gasteiger partial charge is 0.481 e. The molecule has 1 aromatic rings. The fourth-order valence-corrected chi connectivity index (χ4v) is 3.00. The quantitative estimate of drug-likeness (QED) is 0.701. The highest BCUT2D eigenvalue weighted by Crippen LogP contribution is 2.15. The lowest BCUT2D eigenvalue weighted by Gasteiger charge is -2.17. The number of rotatable bonds is 8. The molecular weight excluding hydrogens is 282 g/mol. The van der Waals surface area contributed by atoms with E-state index in [1.165, 1.54) is 21.4 Å². The molecule has 1 aromatic heterocycles. The lowest BCUT2D eigenvalue weighted by atomic mass is 10.4. The summed E-state index contributed by atoms with van der Waals surface area (Å²) >= 11 is 0. The van der Waals surface area contributed by atoms with E-state index in [0.717, 1.165) is 0 Å². The number of nitrogens with zero attached hydrogens (tertiary/aromatic N) is 3. The van der Waals surface area contributed by atoms with Crippen molar-refractivity contribution in [2.75, 3.05) is 13.1 Å².